The Morgan fingerprint density at radius 2 is 2.06 bits per heavy atom. The van der Waals surface area contributed by atoms with Gasteiger partial charge in [0.15, 0.2) is 0 Å². The lowest BCUT2D eigenvalue weighted by molar-refractivity contribution is 0.0817. The van der Waals surface area contributed by atoms with Gasteiger partial charge in [-0.15, -0.1) is 12.4 Å². The average molecular weight is 274 g/mol. The molecule has 1 aromatic rings. The van der Waals surface area contributed by atoms with Crippen LogP contribution in [0.4, 0.5) is 4.39 Å². The predicted octanol–water partition coefficient (Wildman–Crippen LogP) is 3.20. The Morgan fingerprint density at radius 3 is 2.67 bits per heavy atom. The number of rotatable bonds is 2. The van der Waals surface area contributed by atoms with Gasteiger partial charge in [-0.1, -0.05) is 18.2 Å². The van der Waals surface area contributed by atoms with E-state index >= 15 is 0 Å². The van der Waals surface area contributed by atoms with Crippen molar-refractivity contribution in [2.75, 3.05) is 0 Å². The second-order valence-corrected chi connectivity index (χ2v) is 5.49. The zero-order valence-corrected chi connectivity index (χ0v) is 11.6. The molecule has 2 N–H and O–H groups in total. The normalized spacial score (nSPS) is 24.1. The topological polar surface area (TPSA) is 32.3 Å². The van der Waals surface area contributed by atoms with Crippen LogP contribution in [0.25, 0.3) is 0 Å². The minimum atomic E-state index is -0.768. The highest BCUT2D eigenvalue weighted by atomic mass is 35.5. The van der Waals surface area contributed by atoms with Crippen LogP contribution in [0.2, 0.25) is 0 Å². The molecule has 0 bridgehead atoms. The quantitative estimate of drug-likeness (QED) is 0.867. The summed E-state index contributed by atoms with van der Waals surface area (Å²) < 4.78 is 13.6. The summed E-state index contributed by atoms with van der Waals surface area (Å²) >= 11 is 0. The Kier molecular flexibility index (Phi) is 5.14. The number of nitrogens with one attached hydrogen (secondary N) is 1. The third kappa shape index (κ3) is 3.44. The van der Waals surface area contributed by atoms with Gasteiger partial charge in [0, 0.05) is 17.1 Å². The Labute approximate surface area is 114 Å². The first-order valence-corrected chi connectivity index (χ1v) is 6.20. The number of aliphatic hydroxyl groups excluding tert-OH is 1. The minimum Gasteiger partial charge on any atom is -0.387 e. The summed E-state index contributed by atoms with van der Waals surface area (Å²) in [5, 5.41) is 13.7. The maximum Gasteiger partial charge on any atom is 0.129 e. The molecule has 1 unspecified atom stereocenters. The monoisotopic (exact) mass is 273 g/mol. The SMILES string of the molecule is CC1(C)CCC[C@@H](C(O)c2ccccc2F)N1.Cl. The fourth-order valence-electron chi connectivity index (χ4n) is 2.58. The zero-order valence-electron chi connectivity index (χ0n) is 10.8. The highest BCUT2D eigenvalue weighted by Gasteiger charge is 2.32. The van der Waals surface area contributed by atoms with Gasteiger partial charge < -0.3 is 10.4 Å². The molecule has 1 saturated heterocycles. The van der Waals surface area contributed by atoms with Crippen molar-refractivity contribution >= 4 is 12.4 Å². The first-order valence-electron chi connectivity index (χ1n) is 6.20. The Bertz CT molecular complexity index is 397. The summed E-state index contributed by atoms with van der Waals surface area (Å²) in [4.78, 5) is 0. The molecule has 0 amide bonds. The van der Waals surface area contributed by atoms with E-state index in [-0.39, 0.29) is 29.8 Å². The summed E-state index contributed by atoms with van der Waals surface area (Å²) in [7, 11) is 0. The van der Waals surface area contributed by atoms with Crippen LogP contribution in [0.3, 0.4) is 0 Å². The van der Waals surface area contributed by atoms with Crippen LogP contribution in [0.1, 0.15) is 44.8 Å². The third-order valence-electron chi connectivity index (χ3n) is 3.50. The molecule has 0 aliphatic carbocycles. The van der Waals surface area contributed by atoms with Crippen LogP contribution < -0.4 is 5.32 Å². The van der Waals surface area contributed by atoms with Gasteiger partial charge in [0.1, 0.15) is 5.82 Å². The lowest BCUT2D eigenvalue weighted by atomic mass is 9.85. The van der Waals surface area contributed by atoms with E-state index < -0.39 is 6.10 Å². The maximum absolute atomic E-state index is 13.6. The first kappa shape index (κ1) is 15.4. The number of hydrogen-bond acceptors (Lipinski definition) is 2. The van der Waals surface area contributed by atoms with Crippen LogP contribution in [-0.4, -0.2) is 16.7 Å². The van der Waals surface area contributed by atoms with Crippen molar-refractivity contribution in [1.29, 1.82) is 0 Å². The van der Waals surface area contributed by atoms with E-state index in [4.69, 9.17) is 0 Å². The molecule has 0 aromatic heterocycles. The lowest BCUT2D eigenvalue weighted by Crippen LogP contribution is -2.51. The van der Waals surface area contributed by atoms with E-state index in [1.54, 1.807) is 18.2 Å². The van der Waals surface area contributed by atoms with Gasteiger partial charge in [0.05, 0.1) is 6.10 Å². The standard InChI is InChI=1S/C14H20FNO.ClH/c1-14(2)9-5-8-12(16-14)13(17)10-6-3-4-7-11(10)15;/h3-4,6-7,12-13,16-17H,5,8-9H2,1-2H3;1H/t12-,13?;/m0./s1. The molecular formula is C14H21ClFNO. The van der Waals surface area contributed by atoms with E-state index in [9.17, 15) is 9.50 Å². The predicted molar refractivity (Wildman–Crippen MR) is 73.5 cm³/mol. The van der Waals surface area contributed by atoms with Crippen LogP contribution in [0.15, 0.2) is 24.3 Å². The molecule has 0 saturated carbocycles. The van der Waals surface area contributed by atoms with E-state index in [2.05, 4.69) is 19.2 Å². The van der Waals surface area contributed by atoms with Crippen LogP contribution in [0.5, 0.6) is 0 Å². The molecule has 102 valence electrons. The van der Waals surface area contributed by atoms with Crippen LogP contribution in [-0.2, 0) is 0 Å². The van der Waals surface area contributed by atoms with Crippen LogP contribution >= 0.6 is 12.4 Å². The number of aliphatic hydroxyl groups is 1. The molecule has 2 atom stereocenters. The Hall–Kier alpha value is -0.640. The molecular weight excluding hydrogens is 253 g/mol. The molecule has 1 aliphatic heterocycles. The van der Waals surface area contributed by atoms with Gasteiger partial charge in [-0.05, 0) is 39.2 Å². The lowest BCUT2D eigenvalue weighted by Gasteiger charge is -2.39. The number of hydrogen-bond donors (Lipinski definition) is 2. The van der Waals surface area contributed by atoms with Crippen molar-refractivity contribution in [3.8, 4) is 0 Å². The summed E-state index contributed by atoms with van der Waals surface area (Å²) in [6, 6.07) is 6.39. The van der Waals surface area contributed by atoms with Crippen molar-refractivity contribution in [3.05, 3.63) is 35.6 Å². The van der Waals surface area contributed by atoms with Gasteiger partial charge in [-0.2, -0.15) is 0 Å². The van der Waals surface area contributed by atoms with Gasteiger partial charge >= 0.3 is 0 Å². The minimum absolute atomic E-state index is 0. The second kappa shape index (κ2) is 6.00. The molecule has 0 radical (unpaired) electrons. The number of benzene rings is 1. The third-order valence-corrected chi connectivity index (χ3v) is 3.50. The van der Waals surface area contributed by atoms with Gasteiger partial charge in [-0.25, -0.2) is 4.39 Å². The summed E-state index contributed by atoms with van der Waals surface area (Å²) in [6.45, 7) is 4.24. The molecule has 0 spiro atoms. The molecule has 1 aromatic carbocycles. The van der Waals surface area contributed by atoms with Crippen molar-refractivity contribution in [2.24, 2.45) is 0 Å². The van der Waals surface area contributed by atoms with E-state index in [0.29, 0.717) is 5.56 Å². The molecule has 2 rings (SSSR count). The molecule has 1 fully saturated rings. The van der Waals surface area contributed by atoms with Gasteiger partial charge in [0.2, 0.25) is 0 Å². The van der Waals surface area contributed by atoms with Crippen molar-refractivity contribution < 1.29 is 9.50 Å². The first-order chi connectivity index (χ1) is 7.99. The second-order valence-electron chi connectivity index (χ2n) is 5.49. The molecule has 1 heterocycles. The zero-order chi connectivity index (χ0) is 12.5. The van der Waals surface area contributed by atoms with Crippen molar-refractivity contribution in [1.82, 2.24) is 5.32 Å². The van der Waals surface area contributed by atoms with Crippen LogP contribution in [0, 0.1) is 5.82 Å². The summed E-state index contributed by atoms with van der Waals surface area (Å²) in [5.41, 5.74) is 0.414. The summed E-state index contributed by atoms with van der Waals surface area (Å²) in [5.74, 6) is -0.329. The smallest absolute Gasteiger partial charge is 0.129 e. The van der Waals surface area contributed by atoms with Crippen molar-refractivity contribution in [2.45, 2.75) is 50.8 Å². The summed E-state index contributed by atoms with van der Waals surface area (Å²) in [6.07, 6.45) is 2.28. The largest absolute Gasteiger partial charge is 0.387 e. The van der Waals surface area contributed by atoms with Gasteiger partial charge in [-0.3, -0.25) is 0 Å². The van der Waals surface area contributed by atoms with Gasteiger partial charge in [0.25, 0.3) is 0 Å². The van der Waals surface area contributed by atoms with E-state index in [0.717, 1.165) is 19.3 Å². The fraction of sp³-hybridized carbons (Fsp3) is 0.571. The number of halogens is 2. The van der Waals surface area contributed by atoms with Crippen molar-refractivity contribution in [3.63, 3.8) is 0 Å². The molecule has 18 heavy (non-hydrogen) atoms. The fourth-order valence-corrected chi connectivity index (χ4v) is 2.58. The Morgan fingerprint density at radius 1 is 1.39 bits per heavy atom. The van der Waals surface area contributed by atoms with E-state index in [1.807, 2.05) is 0 Å². The maximum atomic E-state index is 13.6. The Balaban J connectivity index is 0.00000162. The molecule has 1 aliphatic rings. The average Bonchev–Trinajstić information content (AvgIpc) is 2.27. The molecule has 4 heteroatoms. The highest BCUT2D eigenvalue weighted by Crippen LogP contribution is 2.29. The van der Waals surface area contributed by atoms with E-state index in [1.165, 1.54) is 6.07 Å². The number of piperidine rings is 1. The highest BCUT2D eigenvalue weighted by molar-refractivity contribution is 5.85. The molecule has 2 nitrogen and oxygen atoms in total.